The van der Waals surface area contributed by atoms with Gasteiger partial charge in [0.15, 0.2) is 6.10 Å². The Kier molecular flexibility index (Phi) is 10.8. The Labute approximate surface area is 192 Å². The summed E-state index contributed by atoms with van der Waals surface area (Å²) in [6.07, 6.45) is 4.91. The molecule has 0 saturated carbocycles. The van der Waals surface area contributed by atoms with E-state index < -0.39 is 18.0 Å². The maximum absolute atomic E-state index is 13.1. The van der Waals surface area contributed by atoms with Crippen molar-refractivity contribution in [1.29, 1.82) is 0 Å². The molecule has 1 aliphatic rings. The number of hydrogen-bond donors (Lipinski definition) is 2. The summed E-state index contributed by atoms with van der Waals surface area (Å²) in [4.78, 5) is 34.4. The molecule has 8 heteroatoms. The smallest absolute Gasteiger partial charge is 0.328 e. The van der Waals surface area contributed by atoms with E-state index in [0.717, 1.165) is 19.6 Å². The molecule has 1 aliphatic heterocycles. The molecule has 0 amide bonds. The number of rotatable bonds is 9. The third kappa shape index (κ3) is 10.1. The molecule has 7 nitrogen and oxygen atoms in total. The maximum atomic E-state index is 13.1. The topological polar surface area (TPSA) is 104 Å². The maximum Gasteiger partial charge on any atom is 0.328 e. The summed E-state index contributed by atoms with van der Waals surface area (Å²) < 4.78 is 19.1. The molecule has 0 bridgehead atoms. The Balaban J connectivity index is 0.000000414. The Bertz CT molecular complexity index is 908. The van der Waals surface area contributed by atoms with Gasteiger partial charge in [-0.1, -0.05) is 24.6 Å². The summed E-state index contributed by atoms with van der Waals surface area (Å²) in [6, 6.07) is 15.1. The highest BCUT2D eigenvalue weighted by atomic mass is 19.1. The van der Waals surface area contributed by atoms with Crippen LogP contribution in [0, 0.1) is 5.82 Å². The van der Waals surface area contributed by atoms with Gasteiger partial charge in [0.05, 0.1) is 0 Å². The monoisotopic (exact) mass is 457 g/mol. The number of carbonyl (C=O) groups excluding carboxylic acids is 1. The van der Waals surface area contributed by atoms with Crippen molar-refractivity contribution in [3.05, 3.63) is 78.1 Å². The molecule has 1 fully saturated rings. The number of piperidine rings is 1. The van der Waals surface area contributed by atoms with Crippen LogP contribution in [0.3, 0.4) is 0 Å². The van der Waals surface area contributed by atoms with Crippen LogP contribution in [0.15, 0.2) is 66.7 Å². The lowest BCUT2D eigenvalue weighted by molar-refractivity contribution is -0.134. The van der Waals surface area contributed by atoms with E-state index >= 15 is 0 Å². The molecule has 1 heterocycles. The Hall–Kier alpha value is -3.52. The number of ketones is 1. The molecule has 2 aromatic carbocycles. The van der Waals surface area contributed by atoms with Crippen molar-refractivity contribution in [2.45, 2.75) is 31.8 Å². The number of carbonyl (C=O) groups is 3. The second kappa shape index (κ2) is 13.8. The van der Waals surface area contributed by atoms with E-state index in [9.17, 15) is 18.8 Å². The lowest BCUT2D eigenvalue weighted by Crippen LogP contribution is -2.36. The third-order valence-corrected chi connectivity index (χ3v) is 4.97. The molecule has 1 saturated heterocycles. The van der Waals surface area contributed by atoms with Crippen molar-refractivity contribution in [2.75, 3.05) is 19.6 Å². The van der Waals surface area contributed by atoms with Gasteiger partial charge in [-0.05, 0) is 62.3 Å². The summed E-state index contributed by atoms with van der Waals surface area (Å²) in [5.41, 5.74) is 0.487. The number of Topliss-reactive ketones (excluding diaryl/α,β-unsaturated/α-hetero) is 1. The first-order chi connectivity index (χ1) is 15.8. The van der Waals surface area contributed by atoms with Gasteiger partial charge in [-0.15, -0.1) is 0 Å². The van der Waals surface area contributed by atoms with Gasteiger partial charge in [0.1, 0.15) is 11.6 Å². The van der Waals surface area contributed by atoms with Gasteiger partial charge in [0.25, 0.3) is 0 Å². The zero-order valence-electron chi connectivity index (χ0n) is 18.2. The molecule has 2 N–H and O–H groups in total. The van der Waals surface area contributed by atoms with E-state index in [-0.39, 0.29) is 11.6 Å². The summed E-state index contributed by atoms with van der Waals surface area (Å²) in [7, 11) is 0. The number of nitrogens with zero attached hydrogens (tertiary/aromatic N) is 1. The van der Waals surface area contributed by atoms with Crippen molar-refractivity contribution in [3.8, 4) is 5.75 Å². The van der Waals surface area contributed by atoms with Crippen LogP contribution >= 0.6 is 0 Å². The summed E-state index contributed by atoms with van der Waals surface area (Å²) in [5, 5.41) is 15.6. The van der Waals surface area contributed by atoms with Crippen LogP contribution in [0.5, 0.6) is 5.75 Å². The zero-order chi connectivity index (χ0) is 24.1. The molecule has 1 unspecified atom stereocenters. The zero-order valence-corrected chi connectivity index (χ0v) is 18.2. The predicted octanol–water partition coefficient (Wildman–Crippen LogP) is 4.04. The minimum absolute atomic E-state index is 0.0964. The molecule has 2 aromatic rings. The summed E-state index contributed by atoms with van der Waals surface area (Å²) >= 11 is 0. The number of hydrogen-bond acceptors (Lipinski definition) is 5. The largest absolute Gasteiger partial charge is 0.482 e. The van der Waals surface area contributed by atoms with Gasteiger partial charge in [0.2, 0.25) is 5.78 Å². The van der Waals surface area contributed by atoms with Crippen LogP contribution < -0.4 is 4.74 Å². The minimum Gasteiger partial charge on any atom is -0.482 e. The number of halogens is 1. The fourth-order valence-corrected chi connectivity index (χ4v) is 3.33. The van der Waals surface area contributed by atoms with E-state index in [1.165, 1.54) is 43.5 Å². The van der Waals surface area contributed by atoms with Gasteiger partial charge in [-0.2, -0.15) is 0 Å². The highest BCUT2D eigenvalue weighted by Gasteiger charge is 2.23. The fraction of sp³-hybridized carbons (Fsp3) is 0.320. The van der Waals surface area contributed by atoms with Crippen molar-refractivity contribution >= 4 is 17.7 Å². The molecular weight excluding hydrogens is 429 g/mol. The molecule has 3 rings (SSSR count). The Morgan fingerprint density at radius 3 is 2.03 bits per heavy atom. The fourth-order valence-electron chi connectivity index (χ4n) is 3.33. The molecule has 0 spiro atoms. The van der Waals surface area contributed by atoms with Crippen LogP contribution in [0.2, 0.25) is 0 Å². The van der Waals surface area contributed by atoms with Crippen molar-refractivity contribution < 1.29 is 33.7 Å². The van der Waals surface area contributed by atoms with E-state index in [1.54, 1.807) is 0 Å². The van der Waals surface area contributed by atoms with Crippen LogP contribution in [-0.4, -0.2) is 58.6 Å². The summed E-state index contributed by atoms with van der Waals surface area (Å²) in [6.45, 7) is 3.01. The van der Waals surface area contributed by atoms with E-state index in [4.69, 9.17) is 14.9 Å². The van der Waals surface area contributed by atoms with Crippen LogP contribution in [0.1, 0.15) is 36.0 Å². The van der Waals surface area contributed by atoms with Gasteiger partial charge in [-0.3, -0.25) is 4.79 Å². The van der Waals surface area contributed by atoms with Crippen LogP contribution in [-0.2, 0) is 9.59 Å². The molecule has 0 aliphatic carbocycles. The number of benzene rings is 2. The SMILES string of the molecule is O=C(O)/C=C\C(=O)O.O=C(c1ccc(F)cc1)C(CCN1CCCCC1)Oc1ccccc1. The third-order valence-electron chi connectivity index (χ3n) is 4.97. The average Bonchev–Trinajstić information content (AvgIpc) is 2.82. The van der Waals surface area contributed by atoms with Gasteiger partial charge in [0, 0.05) is 30.7 Å². The minimum atomic E-state index is -1.26. The Morgan fingerprint density at radius 1 is 0.909 bits per heavy atom. The van der Waals surface area contributed by atoms with Crippen LogP contribution in [0.4, 0.5) is 4.39 Å². The molecular formula is C25H28FNO6. The second-order valence-electron chi connectivity index (χ2n) is 7.49. The quantitative estimate of drug-likeness (QED) is 0.433. The van der Waals surface area contributed by atoms with E-state index in [2.05, 4.69) is 4.90 Å². The first kappa shape index (κ1) is 25.7. The highest BCUT2D eigenvalue weighted by Crippen LogP contribution is 2.18. The summed E-state index contributed by atoms with van der Waals surface area (Å²) in [5.74, 6) is -2.27. The molecule has 176 valence electrons. The lowest BCUT2D eigenvalue weighted by Gasteiger charge is -2.28. The lowest BCUT2D eigenvalue weighted by atomic mass is 10.0. The highest BCUT2D eigenvalue weighted by molar-refractivity contribution is 5.99. The van der Waals surface area contributed by atoms with Crippen LogP contribution in [0.25, 0.3) is 0 Å². The van der Waals surface area contributed by atoms with E-state index in [0.29, 0.717) is 29.9 Å². The number of aliphatic carboxylic acids is 2. The van der Waals surface area contributed by atoms with Crippen molar-refractivity contribution in [3.63, 3.8) is 0 Å². The molecule has 0 radical (unpaired) electrons. The molecule has 1 atom stereocenters. The van der Waals surface area contributed by atoms with E-state index in [1.807, 2.05) is 30.3 Å². The molecule has 0 aromatic heterocycles. The first-order valence-corrected chi connectivity index (χ1v) is 10.7. The van der Waals surface area contributed by atoms with Crippen molar-refractivity contribution in [2.24, 2.45) is 0 Å². The number of para-hydroxylation sites is 1. The first-order valence-electron chi connectivity index (χ1n) is 10.7. The number of ether oxygens (including phenoxy) is 1. The number of carboxylic acid groups (broad SMARTS) is 2. The second-order valence-corrected chi connectivity index (χ2v) is 7.49. The van der Waals surface area contributed by atoms with Gasteiger partial charge >= 0.3 is 11.9 Å². The van der Waals surface area contributed by atoms with Gasteiger partial charge < -0.3 is 19.8 Å². The normalized spacial score (nSPS) is 14.7. The standard InChI is InChI=1S/C21H24FNO2.C4H4O4/c22-18-11-9-17(10-12-18)21(24)20(25-19-7-3-1-4-8-19)13-16-23-14-5-2-6-15-23;5-3(6)1-2-4(7)8/h1,3-4,7-12,20H,2,5-6,13-16H2;1-2H,(H,5,6)(H,7,8)/b;2-1-. The molecule has 33 heavy (non-hydrogen) atoms. The average molecular weight is 457 g/mol. The van der Waals surface area contributed by atoms with Crippen molar-refractivity contribution in [1.82, 2.24) is 4.90 Å². The number of carboxylic acids is 2. The predicted molar refractivity (Wildman–Crippen MR) is 121 cm³/mol. The van der Waals surface area contributed by atoms with Gasteiger partial charge in [-0.25, -0.2) is 14.0 Å². The Morgan fingerprint density at radius 2 is 1.48 bits per heavy atom. The number of likely N-dealkylation sites (tertiary alicyclic amines) is 1.